The third-order valence-corrected chi connectivity index (χ3v) is 3.88. The monoisotopic (exact) mass is 262 g/mol. The van der Waals surface area contributed by atoms with E-state index in [2.05, 4.69) is 33.8 Å². The first kappa shape index (κ1) is 16.1. The molecule has 1 aliphatic rings. The molecule has 0 saturated heterocycles. The van der Waals surface area contributed by atoms with Crippen LogP contribution in [0.15, 0.2) is 12.1 Å². The van der Waals surface area contributed by atoms with E-state index in [1.807, 2.05) is 6.07 Å². The van der Waals surface area contributed by atoms with Crippen molar-refractivity contribution in [1.82, 2.24) is 0 Å². The van der Waals surface area contributed by atoms with Crippen LogP contribution in [-0.4, -0.2) is 5.11 Å². The molecule has 1 nitrogen and oxygen atoms in total. The third-order valence-electron chi connectivity index (χ3n) is 3.88. The molecule has 0 radical (unpaired) electrons. The van der Waals surface area contributed by atoms with E-state index in [1.165, 1.54) is 36.0 Å². The molecule has 0 unspecified atom stereocenters. The molecule has 0 atom stereocenters. The van der Waals surface area contributed by atoms with Crippen LogP contribution in [0.2, 0.25) is 0 Å². The molecule has 1 aromatic carbocycles. The molecule has 0 aromatic heterocycles. The van der Waals surface area contributed by atoms with Gasteiger partial charge in [0.25, 0.3) is 0 Å². The Balaban J connectivity index is 0.000000382. The van der Waals surface area contributed by atoms with Gasteiger partial charge in [0.1, 0.15) is 5.75 Å². The predicted octanol–water partition coefficient (Wildman–Crippen LogP) is 5.28. The molecule has 108 valence electrons. The van der Waals surface area contributed by atoms with Crippen molar-refractivity contribution < 1.29 is 5.11 Å². The lowest BCUT2D eigenvalue weighted by Gasteiger charge is -2.14. The smallest absolute Gasteiger partial charge is 0.119 e. The average Bonchev–Trinajstić information content (AvgIpc) is 3.20. The Morgan fingerprint density at radius 2 is 1.68 bits per heavy atom. The zero-order valence-electron chi connectivity index (χ0n) is 13.1. The lowest BCUT2D eigenvalue weighted by Crippen LogP contribution is -1.99. The van der Waals surface area contributed by atoms with Gasteiger partial charge in [0.2, 0.25) is 0 Å². The van der Waals surface area contributed by atoms with Gasteiger partial charge >= 0.3 is 0 Å². The summed E-state index contributed by atoms with van der Waals surface area (Å²) in [5.41, 5.74) is 3.94. The molecule has 0 heterocycles. The standard InChI is InChI=1S/C14H22O.C4H8/c1-4-7-8-13-12(6-3)11(5-2)9-10-14(13)15;1-4-2-3-4/h9-10,15H,4-8H2,1-3H3;4H,2-3H2,1H3. The van der Waals surface area contributed by atoms with Gasteiger partial charge in [-0.1, -0.05) is 53.0 Å². The van der Waals surface area contributed by atoms with Gasteiger partial charge in [0.15, 0.2) is 0 Å². The fourth-order valence-corrected chi connectivity index (χ4v) is 2.30. The van der Waals surface area contributed by atoms with Crippen LogP contribution in [0, 0.1) is 5.92 Å². The normalized spacial score (nSPS) is 13.9. The first-order chi connectivity index (χ1) is 9.13. The van der Waals surface area contributed by atoms with Crippen LogP contribution in [0.4, 0.5) is 0 Å². The summed E-state index contributed by atoms with van der Waals surface area (Å²) in [5, 5.41) is 9.87. The van der Waals surface area contributed by atoms with Gasteiger partial charge in [-0.3, -0.25) is 0 Å². The van der Waals surface area contributed by atoms with Crippen LogP contribution in [0.5, 0.6) is 5.75 Å². The molecule has 1 heteroatoms. The Kier molecular flexibility index (Phi) is 6.97. The minimum atomic E-state index is 0.484. The van der Waals surface area contributed by atoms with Crippen LogP contribution in [0.1, 0.15) is 70.1 Å². The minimum Gasteiger partial charge on any atom is -0.508 e. The Bertz CT molecular complexity index is 378. The molecule has 0 amide bonds. The second-order valence-electron chi connectivity index (χ2n) is 5.69. The molecule has 1 aliphatic carbocycles. The number of aromatic hydroxyl groups is 1. The molecule has 2 rings (SSSR count). The minimum absolute atomic E-state index is 0.484. The average molecular weight is 262 g/mol. The summed E-state index contributed by atoms with van der Waals surface area (Å²) in [4.78, 5) is 0. The molecular weight excluding hydrogens is 232 g/mol. The molecule has 1 N–H and O–H groups in total. The highest BCUT2D eigenvalue weighted by Crippen LogP contribution is 2.27. The van der Waals surface area contributed by atoms with Gasteiger partial charge in [-0.25, -0.2) is 0 Å². The fourth-order valence-electron chi connectivity index (χ4n) is 2.30. The second kappa shape index (κ2) is 8.24. The Labute approximate surface area is 119 Å². The molecule has 0 spiro atoms. The van der Waals surface area contributed by atoms with Gasteiger partial charge < -0.3 is 5.11 Å². The van der Waals surface area contributed by atoms with Gasteiger partial charge in [-0.05, 0) is 54.4 Å². The van der Waals surface area contributed by atoms with E-state index in [0.29, 0.717) is 5.75 Å². The lowest BCUT2D eigenvalue weighted by molar-refractivity contribution is 0.465. The highest BCUT2D eigenvalue weighted by atomic mass is 16.3. The number of hydrogen-bond donors (Lipinski definition) is 1. The van der Waals surface area contributed by atoms with Gasteiger partial charge in [0, 0.05) is 0 Å². The SMILES string of the molecule is CC1CC1.CCCCc1c(O)ccc(CC)c1CC. The summed E-state index contributed by atoms with van der Waals surface area (Å²) >= 11 is 0. The maximum Gasteiger partial charge on any atom is 0.119 e. The summed E-state index contributed by atoms with van der Waals surface area (Å²) in [7, 11) is 0. The van der Waals surface area contributed by atoms with Crippen molar-refractivity contribution >= 4 is 0 Å². The predicted molar refractivity (Wildman–Crippen MR) is 83.9 cm³/mol. The molecule has 1 saturated carbocycles. The van der Waals surface area contributed by atoms with Crippen molar-refractivity contribution in [3.05, 3.63) is 28.8 Å². The van der Waals surface area contributed by atoms with Crippen LogP contribution in [0.3, 0.4) is 0 Å². The van der Waals surface area contributed by atoms with Gasteiger partial charge in [-0.15, -0.1) is 0 Å². The van der Waals surface area contributed by atoms with Crippen molar-refractivity contribution in [3.63, 3.8) is 0 Å². The summed E-state index contributed by atoms with van der Waals surface area (Å²) in [6.45, 7) is 8.81. The van der Waals surface area contributed by atoms with E-state index in [9.17, 15) is 5.11 Å². The molecular formula is C18H30O. The Morgan fingerprint density at radius 1 is 1.05 bits per heavy atom. The zero-order valence-corrected chi connectivity index (χ0v) is 13.1. The van der Waals surface area contributed by atoms with E-state index in [1.54, 1.807) is 0 Å². The van der Waals surface area contributed by atoms with Crippen molar-refractivity contribution in [1.29, 1.82) is 0 Å². The molecule has 19 heavy (non-hydrogen) atoms. The van der Waals surface area contributed by atoms with Crippen LogP contribution in [0.25, 0.3) is 0 Å². The maximum atomic E-state index is 9.87. The van der Waals surface area contributed by atoms with Crippen LogP contribution >= 0.6 is 0 Å². The van der Waals surface area contributed by atoms with E-state index in [0.717, 1.165) is 31.6 Å². The molecule has 0 aliphatic heterocycles. The number of phenolic OH excluding ortho intramolecular Hbond substituents is 1. The zero-order chi connectivity index (χ0) is 14.3. The van der Waals surface area contributed by atoms with E-state index in [4.69, 9.17) is 0 Å². The highest BCUT2D eigenvalue weighted by Gasteiger charge is 2.12. The van der Waals surface area contributed by atoms with E-state index >= 15 is 0 Å². The van der Waals surface area contributed by atoms with Gasteiger partial charge in [-0.2, -0.15) is 0 Å². The van der Waals surface area contributed by atoms with Crippen molar-refractivity contribution in [3.8, 4) is 5.75 Å². The third kappa shape index (κ3) is 5.26. The van der Waals surface area contributed by atoms with Crippen molar-refractivity contribution in [2.24, 2.45) is 5.92 Å². The Hall–Kier alpha value is -0.980. The largest absolute Gasteiger partial charge is 0.508 e. The van der Waals surface area contributed by atoms with E-state index in [-0.39, 0.29) is 0 Å². The number of benzene rings is 1. The Morgan fingerprint density at radius 3 is 2.11 bits per heavy atom. The van der Waals surface area contributed by atoms with Crippen LogP contribution in [-0.2, 0) is 19.3 Å². The number of unbranched alkanes of at least 4 members (excludes halogenated alkanes) is 1. The number of hydrogen-bond acceptors (Lipinski definition) is 1. The summed E-state index contributed by atoms with van der Waals surface area (Å²) in [6.07, 6.45) is 8.41. The molecule has 1 fully saturated rings. The molecule has 0 bridgehead atoms. The number of phenols is 1. The van der Waals surface area contributed by atoms with Crippen molar-refractivity contribution in [2.45, 2.75) is 72.6 Å². The first-order valence-corrected chi connectivity index (χ1v) is 7.96. The topological polar surface area (TPSA) is 20.2 Å². The number of aryl methyl sites for hydroxylation is 1. The summed E-state index contributed by atoms with van der Waals surface area (Å²) in [5.74, 6) is 1.57. The highest BCUT2D eigenvalue weighted by molar-refractivity contribution is 5.44. The maximum absolute atomic E-state index is 9.87. The second-order valence-corrected chi connectivity index (χ2v) is 5.69. The van der Waals surface area contributed by atoms with E-state index < -0.39 is 0 Å². The summed E-state index contributed by atoms with van der Waals surface area (Å²) < 4.78 is 0. The van der Waals surface area contributed by atoms with Gasteiger partial charge in [0.05, 0.1) is 0 Å². The molecule has 1 aromatic rings. The van der Waals surface area contributed by atoms with Crippen molar-refractivity contribution in [2.75, 3.05) is 0 Å². The number of rotatable bonds is 5. The fraction of sp³-hybridized carbons (Fsp3) is 0.667. The van der Waals surface area contributed by atoms with Crippen LogP contribution < -0.4 is 0 Å². The quantitative estimate of drug-likeness (QED) is 0.765. The first-order valence-electron chi connectivity index (χ1n) is 7.96. The summed E-state index contributed by atoms with van der Waals surface area (Å²) in [6, 6.07) is 3.91. The lowest BCUT2D eigenvalue weighted by atomic mass is 9.93.